The second-order valence-electron chi connectivity index (χ2n) is 5.37. The minimum atomic E-state index is -4.48. The maximum Gasteiger partial charge on any atom is 0.416 e. The van der Waals surface area contributed by atoms with Crippen LogP contribution in [0.3, 0.4) is 0 Å². The van der Waals surface area contributed by atoms with Crippen molar-refractivity contribution in [1.82, 2.24) is 14.8 Å². The average Bonchev–Trinajstić information content (AvgIpc) is 3.10. The van der Waals surface area contributed by atoms with E-state index in [0.29, 0.717) is 5.69 Å². The Bertz CT molecular complexity index is 970. The molecule has 2 heterocycles. The molecular weight excluding hydrogens is 363 g/mol. The van der Waals surface area contributed by atoms with E-state index >= 15 is 0 Å². The number of amides is 2. The zero-order chi connectivity index (χ0) is 19.4. The van der Waals surface area contributed by atoms with Gasteiger partial charge in [-0.2, -0.15) is 18.3 Å². The lowest BCUT2D eigenvalue weighted by atomic mass is 10.2. The number of aromatic nitrogens is 3. The normalized spacial score (nSPS) is 11.1. The van der Waals surface area contributed by atoms with Gasteiger partial charge in [0.1, 0.15) is 0 Å². The van der Waals surface area contributed by atoms with Crippen LogP contribution in [-0.4, -0.2) is 26.6 Å². The quantitative estimate of drug-likeness (QED) is 0.689. The van der Waals surface area contributed by atoms with Gasteiger partial charge in [0.05, 0.1) is 41.2 Å². The minimum Gasteiger partial charge on any atom is -0.316 e. The number of hydrogen-bond donors (Lipinski definition) is 2. The summed E-state index contributed by atoms with van der Waals surface area (Å²) < 4.78 is 39.5. The minimum absolute atomic E-state index is 0.152. The molecule has 0 saturated carbocycles. The van der Waals surface area contributed by atoms with Crippen LogP contribution in [0.4, 0.5) is 24.5 Å². The van der Waals surface area contributed by atoms with E-state index in [1.54, 1.807) is 12.1 Å². The number of carbonyl (C=O) groups excluding carboxylic acids is 2. The molecule has 138 valence electrons. The summed E-state index contributed by atoms with van der Waals surface area (Å²) in [6.07, 6.45) is 0.916. The molecule has 27 heavy (non-hydrogen) atoms. The Labute approximate surface area is 150 Å². The number of halogens is 3. The van der Waals surface area contributed by atoms with E-state index in [0.717, 1.165) is 16.8 Å². The molecule has 0 saturated heterocycles. The highest BCUT2D eigenvalue weighted by Crippen LogP contribution is 2.30. The van der Waals surface area contributed by atoms with E-state index in [2.05, 4.69) is 20.7 Å². The van der Waals surface area contributed by atoms with E-state index in [4.69, 9.17) is 0 Å². The molecule has 0 aliphatic carbocycles. The lowest BCUT2D eigenvalue weighted by Crippen LogP contribution is -2.28. The molecule has 2 aromatic heterocycles. The number of nitrogens with zero attached hydrogens (tertiary/aromatic N) is 3. The molecule has 0 aliphatic heterocycles. The molecule has 0 unspecified atom stereocenters. The fraction of sp³-hybridized carbons (Fsp3) is 0.0588. The van der Waals surface area contributed by atoms with Crippen LogP contribution in [0.25, 0.3) is 5.69 Å². The van der Waals surface area contributed by atoms with Gasteiger partial charge < -0.3 is 10.6 Å². The van der Waals surface area contributed by atoms with Crippen LogP contribution in [0.2, 0.25) is 0 Å². The van der Waals surface area contributed by atoms with Gasteiger partial charge in [0, 0.05) is 6.20 Å². The first kappa shape index (κ1) is 18.1. The summed E-state index contributed by atoms with van der Waals surface area (Å²) in [5.41, 5.74) is -0.168. The van der Waals surface area contributed by atoms with Crippen molar-refractivity contribution in [2.24, 2.45) is 0 Å². The van der Waals surface area contributed by atoms with Crippen LogP contribution < -0.4 is 10.6 Å². The number of rotatable bonds is 3. The van der Waals surface area contributed by atoms with Crippen LogP contribution in [0.5, 0.6) is 0 Å². The van der Waals surface area contributed by atoms with Crippen molar-refractivity contribution in [2.45, 2.75) is 6.18 Å². The molecule has 3 rings (SSSR count). The second-order valence-corrected chi connectivity index (χ2v) is 5.37. The van der Waals surface area contributed by atoms with Crippen LogP contribution in [0.15, 0.2) is 61.2 Å². The van der Waals surface area contributed by atoms with Gasteiger partial charge in [-0.1, -0.05) is 6.07 Å². The van der Waals surface area contributed by atoms with Gasteiger partial charge in [-0.15, -0.1) is 0 Å². The van der Waals surface area contributed by atoms with E-state index in [1.165, 1.54) is 36.9 Å². The van der Waals surface area contributed by atoms with Crippen molar-refractivity contribution < 1.29 is 22.8 Å². The summed E-state index contributed by atoms with van der Waals surface area (Å²) in [5, 5.41) is 8.58. The first-order valence-electron chi connectivity index (χ1n) is 7.57. The monoisotopic (exact) mass is 375 g/mol. The standard InChI is InChI=1S/C17H12F3N5O2/c18-17(19,20)11-3-1-5-14(7-11)25-10-13(9-22-25)24-16(27)15(26)23-12-4-2-6-21-8-12/h1-10H,(H,23,26)(H,24,27). The highest BCUT2D eigenvalue weighted by molar-refractivity contribution is 6.43. The number of alkyl halides is 3. The molecule has 0 fully saturated rings. The van der Waals surface area contributed by atoms with Crippen molar-refractivity contribution in [3.05, 3.63) is 66.7 Å². The Morgan fingerprint density at radius 3 is 2.37 bits per heavy atom. The van der Waals surface area contributed by atoms with Crippen LogP contribution in [0, 0.1) is 0 Å². The molecule has 0 radical (unpaired) electrons. The number of pyridine rings is 1. The van der Waals surface area contributed by atoms with Gasteiger partial charge in [-0.25, -0.2) is 4.68 Å². The van der Waals surface area contributed by atoms with E-state index < -0.39 is 23.6 Å². The Hall–Kier alpha value is -3.69. The third-order valence-corrected chi connectivity index (χ3v) is 3.40. The first-order chi connectivity index (χ1) is 12.8. The van der Waals surface area contributed by atoms with Crippen molar-refractivity contribution in [3.63, 3.8) is 0 Å². The third-order valence-electron chi connectivity index (χ3n) is 3.40. The molecule has 0 atom stereocenters. The van der Waals surface area contributed by atoms with E-state index in [9.17, 15) is 22.8 Å². The Morgan fingerprint density at radius 1 is 0.963 bits per heavy atom. The first-order valence-corrected chi connectivity index (χ1v) is 7.57. The van der Waals surface area contributed by atoms with Crippen molar-refractivity contribution in [1.29, 1.82) is 0 Å². The van der Waals surface area contributed by atoms with Crippen LogP contribution in [-0.2, 0) is 15.8 Å². The largest absolute Gasteiger partial charge is 0.416 e. The summed E-state index contributed by atoms with van der Waals surface area (Å²) in [5.74, 6) is -1.88. The molecular formula is C17H12F3N5O2. The summed E-state index contributed by atoms with van der Waals surface area (Å²) in [4.78, 5) is 27.6. The number of benzene rings is 1. The smallest absolute Gasteiger partial charge is 0.316 e. The van der Waals surface area contributed by atoms with Gasteiger partial charge in [-0.3, -0.25) is 14.6 Å². The molecule has 7 nitrogen and oxygen atoms in total. The lowest BCUT2D eigenvalue weighted by molar-refractivity contribution is -0.137. The summed E-state index contributed by atoms with van der Waals surface area (Å²) in [6.45, 7) is 0. The fourth-order valence-corrected chi connectivity index (χ4v) is 2.17. The molecule has 3 aromatic rings. The highest BCUT2D eigenvalue weighted by Gasteiger charge is 2.30. The average molecular weight is 375 g/mol. The zero-order valence-corrected chi connectivity index (χ0v) is 13.6. The fourth-order valence-electron chi connectivity index (χ4n) is 2.17. The number of anilines is 2. The van der Waals surface area contributed by atoms with Crippen LogP contribution in [0.1, 0.15) is 5.56 Å². The molecule has 0 spiro atoms. The Kier molecular flexibility index (Phi) is 4.88. The second kappa shape index (κ2) is 7.28. The van der Waals surface area contributed by atoms with Crippen LogP contribution >= 0.6 is 0 Å². The highest BCUT2D eigenvalue weighted by atomic mass is 19.4. The topological polar surface area (TPSA) is 88.9 Å². The summed E-state index contributed by atoms with van der Waals surface area (Å²) >= 11 is 0. The van der Waals surface area contributed by atoms with Crippen molar-refractivity contribution >= 4 is 23.2 Å². The van der Waals surface area contributed by atoms with Gasteiger partial charge in [0.2, 0.25) is 0 Å². The summed E-state index contributed by atoms with van der Waals surface area (Å²) in [7, 11) is 0. The molecule has 2 N–H and O–H groups in total. The Balaban J connectivity index is 1.69. The zero-order valence-electron chi connectivity index (χ0n) is 13.6. The third kappa shape index (κ3) is 4.48. The van der Waals surface area contributed by atoms with E-state index in [1.807, 2.05) is 0 Å². The maximum absolute atomic E-state index is 12.8. The molecule has 0 aliphatic rings. The van der Waals surface area contributed by atoms with Crippen molar-refractivity contribution in [2.75, 3.05) is 10.6 Å². The van der Waals surface area contributed by atoms with Crippen molar-refractivity contribution in [3.8, 4) is 5.69 Å². The van der Waals surface area contributed by atoms with E-state index in [-0.39, 0.29) is 11.4 Å². The maximum atomic E-state index is 12.8. The van der Waals surface area contributed by atoms with Gasteiger partial charge in [0.25, 0.3) is 0 Å². The lowest BCUT2D eigenvalue weighted by Gasteiger charge is -2.08. The molecule has 10 heteroatoms. The molecule has 2 amide bonds. The predicted molar refractivity (Wildman–Crippen MR) is 90.1 cm³/mol. The van der Waals surface area contributed by atoms with Gasteiger partial charge in [-0.05, 0) is 30.3 Å². The molecule has 1 aromatic carbocycles. The summed E-state index contributed by atoms with van der Waals surface area (Å²) in [6, 6.07) is 7.70. The number of nitrogens with one attached hydrogen (secondary N) is 2. The predicted octanol–water partition coefficient (Wildman–Crippen LogP) is 2.86. The van der Waals surface area contributed by atoms with Gasteiger partial charge >= 0.3 is 18.0 Å². The number of hydrogen-bond acceptors (Lipinski definition) is 4. The van der Waals surface area contributed by atoms with Gasteiger partial charge in [0.15, 0.2) is 0 Å². The molecule has 0 bridgehead atoms. The SMILES string of the molecule is O=C(Nc1cccnc1)C(=O)Nc1cnn(-c2cccc(C(F)(F)F)c2)c1. The number of carbonyl (C=O) groups is 2. The Morgan fingerprint density at radius 2 is 1.70 bits per heavy atom.